The minimum absolute atomic E-state index is 0.453. The van der Waals surface area contributed by atoms with Gasteiger partial charge in [-0.25, -0.2) is 4.98 Å². The van der Waals surface area contributed by atoms with Crippen molar-refractivity contribution in [2.24, 2.45) is 0 Å². The fraction of sp³-hybridized carbons (Fsp3) is 0.154. The fourth-order valence-electron chi connectivity index (χ4n) is 1.79. The van der Waals surface area contributed by atoms with Crippen molar-refractivity contribution >= 4 is 17.0 Å². The first-order valence-corrected chi connectivity index (χ1v) is 5.71. The van der Waals surface area contributed by atoms with Crippen LogP contribution >= 0.6 is 0 Å². The Bertz CT molecular complexity index is 729. The highest BCUT2D eigenvalue weighted by molar-refractivity contribution is 5.71. The van der Waals surface area contributed by atoms with Gasteiger partial charge in [-0.2, -0.15) is 0 Å². The summed E-state index contributed by atoms with van der Waals surface area (Å²) in [5.74, 6) is 0.453. The van der Waals surface area contributed by atoms with Gasteiger partial charge in [-0.15, -0.1) is 15.0 Å². The van der Waals surface area contributed by atoms with Crippen LogP contribution in [0.3, 0.4) is 0 Å². The standard InChI is InChI=1S/C13H13N5/c1-8-3-4-10(7-9(8)2)18-16-11-5-6-12(14)15-13(11)17-18/h3-7H,1-2H3,(H2,14,15,17). The first kappa shape index (κ1) is 10.7. The maximum Gasteiger partial charge on any atom is 0.204 e. The van der Waals surface area contributed by atoms with E-state index in [1.807, 2.05) is 12.1 Å². The van der Waals surface area contributed by atoms with Crippen molar-refractivity contribution in [3.05, 3.63) is 41.5 Å². The number of nitrogen functional groups attached to an aromatic ring is 1. The third-order valence-corrected chi connectivity index (χ3v) is 2.99. The lowest BCUT2D eigenvalue weighted by molar-refractivity contribution is 0.762. The lowest BCUT2D eigenvalue weighted by Gasteiger charge is -2.03. The minimum Gasteiger partial charge on any atom is -0.384 e. The predicted molar refractivity (Wildman–Crippen MR) is 70.5 cm³/mol. The number of aromatic nitrogens is 4. The SMILES string of the molecule is Cc1ccc(-n2nc3ccc(N)nc3n2)cc1C. The van der Waals surface area contributed by atoms with Gasteiger partial charge in [0.2, 0.25) is 5.65 Å². The molecule has 90 valence electrons. The molecule has 0 saturated carbocycles. The van der Waals surface area contributed by atoms with Gasteiger partial charge in [0.15, 0.2) is 0 Å². The molecule has 0 aliphatic heterocycles. The van der Waals surface area contributed by atoms with E-state index in [4.69, 9.17) is 5.73 Å². The number of fused-ring (bicyclic) bond motifs is 1. The molecule has 0 amide bonds. The molecule has 0 fully saturated rings. The highest BCUT2D eigenvalue weighted by Gasteiger charge is 2.06. The number of nitrogens with two attached hydrogens (primary N) is 1. The number of nitrogens with zero attached hydrogens (tertiary/aromatic N) is 4. The topological polar surface area (TPSA) is 69.6 Å². The van der Waals surface area contributed by atoms with E-state index in [0.717, 1.165) is 11.2 Å². The van der Waals surface area contributed by atoms with E-state index in [1.165, 1.54) is 11.1 Å². The van der Waals surface area contributed by atoms with E-state index in [-0.39, 0.29) is 0 Å². The van der Waals surface area contributed by atoms with Crippen molar-refractivity contribution in [1.29, 1.82) is 0 Å². The van der Waals surface area contributed by atoms with Crippen LogP contribution in [0.2, 0.25) is 0 Å². The van der Waals surface area contributed by atoms with Crippen molar-refractivity contribution in [3.63, 3.8) is 0 Å². The Morgan fingerprint density at radius 1 is 1.00 bits per heavy atom. The number of hydrogen-bond donors (Lipinski definition) is 1. The van der Waals surface area contributed by atoms with Gasteiger partial charge in [0.05, 0.1) is 5.69 Å². The Morgan fingerprint density at radius 3 is 2.61 bits per heavy atom. The van der Waals surface area contributed by atoms with Crippen LogP contribution in [0.5, 0.6) is 0 Å². The molecule has 0 bridgehead atoms. The van der Waals surface area contributed by atoms with Gasteiger partial charge in [-0.3, -0.25) is 0 Å². The zero-order valence-electron chi connectivity index (χ0n) is 10.3. The highest BCUT2D eigenvalue weighted by atomic mass is 15.5. The molecular weight excluding hydrogens is 226 g/mol. The maximum absolute atomic E-state index is 5.63. The fourth-order valence-corrected chi connectivity index (χ4v) is 1.79. The first-order chi connectivity index (χ1) is 8.63. The molecule has 5 nitrogen and oxygen atoms in total. The summed E-state index contributed by atoms with van der Waals surface area (Å²) in [6, 6.07) is 9.65. The monoisotopic (exact) mass is 239 g/mol. The Balaban J connectivity index is 2.16. The van der Waals surface area contributed by atoms with Gasteiger partial charge < -0.3 is 5.73 Å². The van der Waals surface area contributed by atoms with Crippen LogP contribution in [0.1, 0.15) is 11.1 Å². The molecule has 0 saturated heterocycles. The average Bonchev–Trinajstić information content (AvgIpc) is 2.75. The molecule has 1 aromatic carbocycles. The van der Waals surface area contributed by atoms with E-state index in [2.05, 4.69) is 41.2 Å². The smallest absolute Gasteiger partial charge is 0.204 e. The molecule has 0 spiro atoms. The first-order valence-electron chi connectivity index (χ1n) is 5.71. The Labute approximate surface area is 104 Å². The van der Waals surface area contributed by atoms with Crippen LogP contribution in [0, 0.1) is 13.8 Å². The van der Waals surface area contributed by atoms with Crippen LogP contribution in [-0.2, 0) is 0 Å². The Kier molecular flexibility index (Phi) is 2.26. The summed E-state index contributed by atoms with van der Waals surface area (Å²) in [4.78, 5) is 5.73. The summed E-state index contributed by atoms with van der Waals surface area (Å²) in [5.41, 5.74) is 10.3. The van der Waals surface area contributed by atoms with Crippen molar-refractivity contribution in [2.75, 3.05) is 5.73 Å². The summed E-state index contributed by atoms with van der Waals surface area (Å²) in [6.45, 7) is 4.15. The van der Waals surface area contributed by atoms with E-state index in [9.17, 15) is 0 Å². The normalized spacial score (nSPS) is 11.0. The Morgan fingerprint density at radius 2 is 1.83 bits per heavy atom. The summed E-state index contributed by atoms with van der Waals surface area (Å²) in [7, 11) is 0. The number of hydrogen-bond acceptors (Lipinski definition) is 4. The van der Waals surface area contributed by atoms with E-state index in [0.29, 0.717) is 11.5 Å². The summed E-state index contributed by atoms with van der Waals surface area (Å²) >= 11 is 0. The van der Waals surface area contributed by atoms with Gasteiger partial charge in [0, 0.05) is 0 Å². The third-order valence-electron chi connectivity index (χ3n) is 2.99. The lowest BCUT2D eigenvalue weighted by Crippen LogP contribution is -1.99. The summed E-state index contributed by atoms with van der Waals surface area (Å²) in [6.07, 6.45) is 0. The van der Waals surface area contributed by atoms with E-state index < -0.39 is 0 Å². The number of pyridine rings is 1. The van der Waals surface area contributed by atoms with Crippen LogP contribution < -0.4 is 5.73 Å². The number of anilines is 1. The lowest BCUT2D eigenvalue weighted by atomic mass is 10.1. The zero-order chi connectivity index (χ0) is 12.7. The van der Waals surface area contributed by atoms with Crippen molar-refractivity contribution in [1.82, 2.24) is 20.0 Å². The molecular formula is C13H13N5. The van der Waals surface area contributed by atoms with Gasteiger partial charge in [0.1, 0.15) is 11.3 Å². The molecule has 0 unspecified atom stereocenters. The molecule has 0 aliphatic rings. The van der Waals surface area contributed by atoms with Gasteiger partial charge in [0.25, 0.3) is 0 Å². The predicted octanol–water partition coefficient (Wildman–Crippen LogP) is 2.01. The van der Waals surface area contributed by atoms with Gasteiger partial charge in [-0.05, 0) is 49.2 Å². The Hall–Kier alpha value is -2.43. The zero-order valence-corrected chi connectivity index (χ0v) is 10.3. The average molecular weight is 239 g/mol. The number of benzene rings is 1. The molecule has 0 atom stereocenters. The molecule has 3 aromatic rings. The van der Waals surface area contributed by atoms with Crippen molar-refractivity contribution in [3.8, 4) is 5.69 Å². The molecule has 2 heterocycles. The molecule has 0 radical (unpaired) electrons. The second-order valence-corrected chi connectivity index (χ2v) is 4.34. The van der Waals surface area contributed by atoms with Crippen LogP contribution in [0.4, 0.5) is 5.82 Å². The molecule has 3 rings (SSSR count). The maximum atomic E-state index is 5.63. The van der Waals surface area contributed by atoms with E-state index >= 15 is 0 Å². The third kappa shape index (κ3) is 1.69. The molecule has 2 N–H and O–H groups in total. The van der Waals surface area contributed by atoms with Crippen LogP contribution in [0.25, 0.3) is 16.9 Å². The minimum atomic E-state index is 0.453. The second kappa shape index (κ2) is 3.80. The van der Waals surface area contributed by atoms with E-state index in [1.54, 1.807) is 10.9 Å². The summed E-state index contributed by atoms with van der Waals surface area (Å²) < 4.78 is 0. The summed E-state index contributed by atoms with van der Waals surface area (Å²) in [5, 5.41) is 8.71. The molecule has 2 aromatic heterocycles. The van der Waals surface area contributed by atoms with Gasteiger partial charge in [-0.1, -0.05) is 6.07 Å². The van der Waals surface area contributed by atoms with Crippen LogP contribution in [0.15, 0.2) is 30.3 Å². The number of aryl methyl sites for hydroxylation is 2. The van der Waals surface area contributed by atoms with Gasteiger partial charge >= 0.3 is 0 Å². The van der Waals surface area contributed by atoms with Crippen LogP contribution in [-0.4, -0.2) is 20.0 Å². The largest absolute Gasteiger partial charge is 0.384 e. The molecule has 0 aliphatic carbocycles. The molecule has 5 heteroatoms. The quantitative estimate of drug-likeness (QED) is 0.705. The van der Waals surface area contributed by atoms with Crippen molar-refractivity contribution in [2.45, 2.75) is 13.8 Å². The number of rotatable bonds is 1. The van der Waals surface area contributed by atoms with Crippen molar-refractivity contribution < 1.29 is 0 Å². The highest BCUT2D eigenvalue weighted by Crippen LogP contribution is 2.15. The molecule has 18 heavy (non-hydrogen) atoms. The second-order valence-electron chi connectivity index (χ2n) is 4.34.